The van der Waals surface area contributed by atoms with Crippen molar-refractivity contribution in [2.45, 2.75) is 31.8 Å². The van der Waals surface area contributed by atoms with E-state index >= 15 is 0 Å². The highest BCUT2D eigenvalue weighted by Gasteiger charge is 2.67. The third kappa shape index (κ3) is 2.41. The number of nitrogens with one attached hydrogen (secondary N) is 1. The average molecular weight is 360 g/mol. The number of ether oxygens (including phenoxy) is 2. The van der Waals surface area contributed by atoms with Gasteiger partial charge in [-0.15, -0.1) is 0 Å². The van der Waals surface area contributed by atoms with Crippen LogP contribution in [-0.4, -0.2) is 49.0 Å². The molecule has 3 rings (SSSR count). The van der Waals surface area contributed by atoms with E-state index in [2.05, 4.69) is 5.32 Å². The van der Waals surface area contributed by atoms with Crippen molar-refractivity contribution in [3.63, 3.8) is 0 Å². The van der Waals surface area contributed by atoms with E-state index in [0.717, 1.165) is 10.5 Å². The van der Waals surface area contributed by atoms with Crippen LogP contribution >= 0.6 is 0 Å². The molecular formula is C19H24N2O5. The van der Waals surface area contributed by atoms with Crippen LogP contribution < -0.4 is 10.1 Å². The number of likely N-dealkylation sites (tertiary alicyclic amines) is 1. The third-order valence-corrected chi connectivity index (χ3v) is 5.55. The van der Waals surface area contributed by atoms with E-state index in [0.29, 0.717) is 12.2 Å². The fourth-order valence-electron chi connectivity index (χ4n) is 4.25. The van der Waals surface area contributed by atoms with Gasteiger partial charge in [0.1, 0.15) is 11.3 Å². The molecule has 0 spiro atoms. The lowest BCUT2D eigenvalue weighted by atomic mass is 9.78. The minimum Gasteiger partial charge on any atom is -0.496 e. The van der Waals surface area contributed by atoms with E-state index in [1.54, 1.807) is 20.1 Å². The van der Waals surface area contributed by atoms with Crippen LogP contribution in [0.5, 0.6) is 5.75 Å². The summed E-state index contributed by atoms with van der Waals surface area (Å²) < 4.78 is 10.7. The number of hydrogen-bond acceptors (Lipinski definition) is 6. The Bertz CT molecular complexity index is 749. The zero-order valence-electron chi connectivity index (χ0n) is 15.4. The molecule has 7 nitrogen and oxygen atoms in total. The van der Waals surface area contributed by atoms with Crippen LogP contribution in [0.4, 0.5) is 0 Å². The maximum absolute atomic E-state index is 12.8. The van der Waals surface area contributed by atoms with E-state index in [9.17, 15) is 14.4 Å². The molecule has 2 fully saturated rings. The number of benzene rings is 1. The van der Waals surface area contributed by atoms with Gasteiger partial charge in [-0.2, -0.15) is 0 Å². The first-order chi connectivity index (χ1) is 12.4. The van der Waals surface area contributed by atoms with E-state index in [1.807, 2.05) is 25.1 Å². The van der Waals surface area contributed by atoms with Crippen molar-refractivity contribution >= 4 is 17.8 Å². The second-order valence-electron chi connectivity index (χ2n) is 6.65. The minimum absolute atomic E-state index is 0.205. The number of nitrogens with zero attached hydrogens (tertiary/aromatic N) is 1. The largest absolute Gasteiger partial charge is 0.496 e. The molecule has 0 unspecified atom stereocenters. The highest BCUT2D eigenvalue weighted by atomic mass is 16.5. The number of imide groups is 1. The van der Waals surface area contributed by atoms with Gasteiger partial charge in [0.15, 0.2) is 0 Å². The molecule has 2 amide bonds. The summed E-state index contributed by atoms with van der Waals surface area (Å²) in [6, 6.07) is 6.81. The van der Waals surface area contributed by atoms with Gasteiger partial charge in [0.2, 0.25) is 11.8 Å². The quantitative estimate of drug-likeness (QED) is 0.629. The van der Waals surface area contributed by atoms with Gasteiger partial charge in [0.25, 0.3) is 0 Å². The van der Waals surface area contributed by atoms with Gasteiger partial charge in [0.05, 0.1) is 25.6 Å². The van der Waals surface area contributed by atoms with Crippen LogP contribution in [0.3, 0.4) is 0 Å². The Morgan fingerprint density at radius 2 is 1.92 bits per heavy atom. The third-order valence-electron chi connectivity index (χ3n) is 5.55. The van der Waals surface area contributed by atoms with Crippen molar-refractivity contribution < 1.29 is 23.9 Å². The van der Waals surface area contributed by atoms with E-state index in [-0.39, 0.29) is 18.4 Å². The summed E-state index contributed by atoms with van der Waals surface area (Å²) in [6.07, 6.45) is 0.339. The number of fused-ring (bicyclic) bond motifs is 1. The fourth-order valence-corrected chi connectivity index (χ4v) is 4.25. The summed E-state index contributed by atoms with van der Waals surface area (Å²) in [7, 11) is 3.02. The Morgan fingerprint density at radius 3 is 2.54 bits per heavy atom. The smallest absolute Gasteiger partial charge is 0.327 e. The van der Waals surface area contributed by atoms with E-state index in [1.165, 1.54) is 7.05 Å². The predicted octanol–water partition coefficient (Wildman–Crippen LogP) is 1.28. The predicted molar refractivity (Wildman–Crippen MR) is 93.3 cm³/mol. The maximum atomic E-state index is 12.8. The van der Waals surface area contributed by atoms with Gasteiger partial charge in [-0.25, -0.2) is 0 Å². The highest BCUT2D eigenvalue weighted by molar-refractivity contribution is 6.09. The Balaban J connectivity index is 2.15. The van der Waals surface area contributed by atoms with E-state index < -0.39 is 29.4 Å². The summed E-state index contributed by atoms with van der Waals surface area (Å²) >= 11 is 0. The van der Waals surface area contributed by atoms with Gasteiger partial charge in [-0.3, -0.25) is 24.6 Å². The van der Waals surface area contributed by atoms with Gasteiger partial charge < -0.3 is 9.47 Å². The number of amides is 2. The molecule has 0 bridgehead atoms. The molecule has 26 heavy (non-hydrogen) atoms. The van der Waals surface area contributed by atoms with Gasteiger partial charge in [-0.05, 0) is 19.4 Å². The molecule has 1 aromatic rings. The highest BCUT2D eigenvalue weighted by Crippen LogP contribution is 2.51. The van der Waals surface area contributed by atoms with Crippen LogP contribution in [0.25, 0.3) is 0 Å². The minimum atomic E-state index is -1.23. The molecular weight excluding hydrogens is 336 g/mol. The van der Waals surface area contributed by atoms with Crippen molar-refractivity contribution in [2.75, 3.05) is 20.8 Å². The summed E-state index contributed by atoms with van der Waals surface area (Å²) in [5.41, 5.74) is -0.481. The summed E-state index contributed by atoms with van der Waals surface area (Å²) in [4.78, 5) is 39.6. The standard InChI is InChI=1S/C19H24N2O5/c1-5-19(18(24)26-6-2)14-13(16(22)21(3)17(14)23)15(20-19)11-9-7-8-10-12(11)25-4/h7-10,13-15,20H,5-6H2,1-4H3/t13-,14-,15-,19+/m0/s1. The van der Waals surface area contributed by atoms with Crippen LogP contribution in [0.1, 0.15) is 31.9 Å². The lowest BCUT2D eigenvalue weighted by molar-refractivity contribution is -0.156. The monoisotopic (exact) mass is 360 g/mol. The van der Waals surface area contributed by atoms with Crippen LogP contribution in [0.15, 0.2) is 24.3 Å². The van der Waals surface area contributed by atoms with E-state index in [4.69, 9.17) is 9.47 Å². The number of esters is 1. The molecule has 4 atom stereocenters. The zero-order valence-corrected chi connectivity index (χ0v) is 15.4. The molecule has 2 saturated heterocycles. The van der Waals surface area contributed by atoms with Crippen molar-refractivity contribution in [1.29, 1.82) is 0 Å². The normalized spacial score (nSPS) is 30.5. The number of carbonyl (C=O) groups is 3. The molecule has 1 N–H and O–H groups in total. The first-order valence-corrected chi connectivity index (χ1v) is 8.82. The number of carbonyl (C=O) groups excluding carboxylic acids is 3. The summed E-state index contributed by atoms with van der Waals surface area (Å²) in [5.74, 6) is -1.99. The van der Waals surface area contributed by atoms with Crippen LogP contribution in [0, 0.1) is 11.8 Å². The summed E-state index contributed by atoms with van der Waals surface area (Å²) in [5, 5.41) is 3.29. The fraction of sp³-hybridized carbons (Fsp3) is 0.526. The first kappa shape index (κ1) is 18.4. The van der Waals surface area contributed by atoms with Gasteiger partial charge in [-0.1, -0.05) is 25.1 Å². The van der Waals surface area contributed by atoms with Crippen molar-refractivity contribution in [2.24, 2.45) is 11.8 Å². The summed E-state index contributed by atoms with van der Waals surface area (Å²) in [6.45, 7) is 3.75. The average Bonchev–Trinajstić information content (AvgIpc) is 3.12. The number of rotatable bonds is 5. The Labute approximate surface area is 152 Å². The Morgan fingerprint density at radius 1 is 1.23 bits per heavy atom. The SMILES string of the molecule is CCOC(=O)[C@]1(CC)N[C@@H](c2ccccc2OC)[C@H]2C(=O)N(C)C(=O)[C@H]21. The molecule has 0 aromatic heterocycles. The molecule has 2 aliphatic heterocycles. The first-order valence-electron chi connectivity index (χ1n) is 8.82. The molecule has 0 aliphatic carbocycles. The maximum Gasteiger partial charge on any atom is 0.327 e. The van der Waals surface area contributed by atoms with Gasteiger partial charge in [0, 0.05) is 18.7 Å². The molecule has 2 heterocycles. The molecule has 0 saturated carbocycles. The van der Waals surface area contributed by atoms with Gasteiger partial charge >= 0.3 is 5.97 Å². The molecule has 0 radical (unpaired) electrons. The van der Waals surface area contributed by atoms with Crippen molar-refractivity contribution in [1.82, 2.24) is 10.2 Å². The van der Waals surface area contributed by atoms with Crippen molar-refractivity contribution in [3.8, 4) is 5.75 Å². The molecule has 2 aliphatic rings. The van der Waals surface area contributed by atoms with Crippen molar-refractivity contribution in [3.05, 3.63) is 29.8 Å². The number of methoxy groups -OCH3 is 1. The lowest BCUT2D eigenvalue weighted by Crippen LogP contribution is -2.55. The van der Waals surface area contributed by atoms with Crippen LogP contribution in [-0.2, 0) is 19.1 Å². The Hall–Kier alpha value is -2.41. The topological polar surface area (TPSA) is 84.9 Å². The second kappa shape index (κ2) is 6.72. The number of hydrogen-bond donors (Lipinski definition) is 1. The molecule has 7 heteroatoms. The lowest BCUT2D eigenvalue weighted by Gasteiger charge is -2.31. The van der Waals surface area contributed by atoms with Crippen LogP contribution in [0.2, 0.25) is 0 Å². The Kier molecular flexibility index (Phi) is 4.75. The second-order valence-corrected chi connectivity index (χ2v) is 6.65. The number of para-hydroxylation sites is 1. The molecule has 1 aromatic carbocycles. The zero-order chi connectivity index (χ0) is 19.1. The molecule has 140 valence electrons.